The van der Waals surface area contributed by atoms with Gasteiger partial charge in [-0.1, -0.05) is 19.1 Å². The standard InChI is InChI=1S/C11H14N2O/c1-11(10(13)14)6-9(11)7-2-4-8(12)5-3-7/h2-5,9H,6,12H2,1H3,(H2,13,14). The van der Waals surface area contributed by atoms with Crippen LogP contribution in [0.5, 0.6) is 0 Å². The van der Waals surface area contributed by atoms with E-state index in [9.17, 15) is 4.79 Å². The molecule has 74 valence electrons. The van der Waals surface area contributed by atoms with E-state index in [1.54, 1.807) is 0 Å². The quantitative estimate of drug-likeness (QED) is 0.689. The molecule has 0 bridgehead atoms. The van der Waals surface area contributed by atoms with E-state index < -0.39 is 0 Å². The van der Waals surface area contributed by atoms with Crippen molar-refractivity contribution in [3.05, 3.63) is 29.8 Å². The largest absolute Gasteiger partial charge is 0.399 e. The summed E-state index contributed by atoms with van der Waals surface area (Å²) >= 11 is 0. The van der Waals surface area contributed by atoms with E-state index in [2.05, 4.69) is 0 Å². The second-order valence-corrected chi connectivity index (χ2v) is 4.21. The maximum atomic E-state index is 11.1. The van der Waals surface area contributed by atoms with Crippen LogP contribution in [0.1, 0.15) is 24.8 Å². The van der Waals surface area contributed by atoms with E-state index in [0.717, 1.165) is 17.7 Å². The highest BCUT2D eigenvalue weighted by atomic mass is 16.1. The first-order chi connectivity index (χ1) is 6.54. The van der Waals surface area contributed by atoms with Gasteiger partial charge in [0.15, 0.2) is 0 Å². The molecule has 0 spiro atoms. The van der Waals surface area contributed by atoms with Crippen molar-refractivity contribution in [1.82, 2.24) is 0 Å². The second-order valence-electron chi connectivity index (χ2n) is 4.21. The second kappa shape index (κ2) is 2.74. The summed E-state index contributed by atoms with van der Waals surface area (Å²) in [6.07, 6.45) is 0.853. The number of nitrogens with two attached hydrogens (primary N) is 2. The predicted molar refractivity (Wildman–Crippen MR) is 55.5 cm³/mol. The molecule has 2 atom stereocenters. The Bertz CT molecular complexity index is 371. The molecule has 2 rings (SSSR count). The summed E-state index contributed by atoms with van der Waals surface area (Å²) in [4.78, 5) is 11.1. The SMILES string of the molecule is CC1(C(N)=O)CC1c1ccc(N)cc1. The fourth-order valence-corrected chi connectivity index (χ4v) is 1.85. The van der Waals surface area contributed by atoms with Crippen LogP contribution in [0.15, 0.2) is 24.3 Å². The van der Waals surface area contributed by atoms with Gasteiger partial charge in [-0.3, -0.25) is 4.79 Å². The van der Waals surface area contributed by atoms with Gasteiger partial charge in [-0.15, -0.1) is 0 Å². The zero-order valence-electron chi connectivity index (χ0n) is 8.16. The minimum absolute atomic E-state index is 0.209. The molecule has 0 heterocycles. The van der Waals surface area contributed by atoms with Crippen LogP contribution < -0.4 is 11.5 Å². The number of hydrogen-bond donors (Lipinski definition) is 2. The van der Waals surface area contributed by atoms with E-state index in [1.807, 2.05) is 31.2 Å². The lowest BCUT2D eigenvalue weighted by molar-refractivity contribution is -0.122. The van der Waals surface area contributed by atoms with Crippen molar-refractivity contribution in [3.8, 4) is 0 Å². The molecule has 1 fully saturated rings. The minimum Gasteiger partial charge on any atom is -0.399 e. The Morgan fingerprint density at radius 3 is 2.43 bits per heavy atom. The molecule has 1 aromatic rings. The van der Waals surface area contributed by atoms with Gasteiger partial charge in [0.2, 0.25) is 5.91 Å². The van der Waals surface area contributed by atoms with Crippen LogP contribution in [0, 0.1) is 5.41 Å². The van der Waals surface area contributed by atoms with Gasteiger partial charge in [0, 0.05) is 5.69 Å². The van der Waals surface area contributed by atoms with Crippen molar-refractivity contribution in [2.75, 3.05) is 5.73 Å². The zero-order valence-corrected chi connectivity index (χ0v) is 8.16. The summed E-state index contributed by atoms with van der Waals surface area (Å²) in [7, 11) is 0. The topological polar surface area (TPSA) is 69.1 Å². The van der Waals surface area contributed by atoms with Crippen molar-refractivity contribution in [1.29, 1.82) is 0 Å². The Morgan fingerprint density at radius 1 is 1.43 bits per heavy atom. The monoisotopic (exact) mass is 190 g/mol. The molecule has 0 saturated heterocycles. The summed E-state index contributed by atoms with van der Waals surface area (Å²) in [5.74, 6) is 0.0694. The molecule has 14 heavy (non-hydrogen) atoms. The average molecular weight is 190 g/mol. The van der Waals surface area contributed by atoms with Crippen LogP contribution in [-0.4, -0.2) is 5.91 Å². The molecule has 1 aromatic carbocycles. The summed E-state index contributed by atoms with van der Waals surface area (Å²) in [6, 6.07) is 7.65. The molecular formula is C11H14N2O. The summed E-state index contributed by atoms with van der Waals surface area (Å²) in [5.41, 5.74) is 12.5. The Kier molecular flexibility index (Phi) is 1.77. The predicted octanol–water partition coefficient (Wildman–Crippen LogP) is 1.25. The maximum Gasteiger partial charge on any atom is 0.223 e. The van der Waals surface area contributed by atoms with Crippen molar-refractivity contribution < 1.29 is 4.79 Å². The molecular weight excluding hydrogens is 176 g/mol. The first kappa shape index (κ1) is 9.06. The van der Waals surface area contributed by atoms with Gasteiger partial charge in [-0.2, -0.15) is 0 Å². The molecule has 0 radical (unpaired) electrons. The Balaban J connectivity index is 2.21. The van der Waals surface area contributed by atoms with Gasteiger partial charge in [0.25, 0.3) is 0 Å². The highest BCUT2D eigenvalue weighted by Gasteiger charge is 2.55. The summed E-state index contributed by atoms with van der Waals surface area (Å²) < 4.78 is 0. The highest BCUT2D eigenvalue weighted by Crippen LogP contribution is 2.58. The fourth-order valence-electron chi connectivity index (χ4n) is 1.85. The third-order valence-corrected chi connectivity index (χ3v) is 3.14. The molecule has 1 aliphatic rings. The van der Waals surface area contributed by atoms with Crippen LogP contribution in [0.4, 0.5) is 5.69 Å². The number of rotatable bonds is 2. The molecule has 2 unspecified atom stereocenters. The third kappa shape index (κ3) is 1.25. The van der Waals surface area contributed by atoms with Gasteiger partial charge < -0.3 is 11.5 Å². The van der Waals surface area contributed by atoms with Crippen LogP contribution in [0.3, 0.4) is 0 Å². The van der Waals surface area contributed by atoms with Gasteiger partial charge in [-0.25, -0.2) is 0 Å². The van der Waals surface area contributed by atoms with Crippen LogP contribution in [0.25, 0.3) is 0 Å². The van der Waals surface area contributed by atoms with Crippen LogP contribution >= 0.6 is 0 Å². The third-order valence-electron chi connectivity index (χ3n) is 3.14. The number of amides is 1. The van der Waals surface area contributed by atoms with Crippen molar-refractivity contribution in [2.24, 2.45) is 11.1 Å². The highest BCUT2D eigenvalue weighted by molar-refractivity contribution is 5.85. The molecule has 0 aromatic heterocycles. The molecule has 4 N–H and O–H groups in total. The number of carbonyl (C=O) groups is 1. The lowest BCUT2D eigenvalue weighted by atomic mass is 10.0. The van der Waals surface area contributed by atoms with Crippen molar-refractivity contribution in [2.45, 2.75) is 19.3 Å². The van der Waals surface area contributed by atoms with E-state index in [1.165, 1.54) is 0 Å². The van der Waals surface area contributed by atoms with Gasteiger partial charge in [-0.05, 0) is 30.0 Å². The normalized spacial score (nSPS) is 29.9. The first-order valence-electron chi connectivity index (χ1n) is 4.69. The van der Waals surface area contributed by atoms with Gasteiger partial charge >= 0.3 is 0 Å². The number of primary amides is 1. The lowest BCUT2D eigenvalue weighted by Crippen LogP contribution is -2.23. The molecule has 3 nitrogen and oxygen atoms in total. The number of benzene rings is 1. The summed E-state index contributed by atoms with van der Waals surface area (Å²) in [6.45, 7) is 1.91. The number of anilines is 1. The van der Waals surface area contributed by atoms with E-state index in [-0.39, 0.29) is 17.2 Å². The van der Waals surface area contributed by atoms with Crippen molar-refractivity contribution >= 4 is 11.6 Å². The van der Waals surface area contributed by atoms with Crippen LogP contribution in [-0.2, 0) is 4.79 Å². The molecule has 1 saturated carbocycles. The van der Waals surface area contributed by atoms with E-state index in [4.69, 9.17) is 11.5 Å². The molecule has 1 aliphatic carbocycles. The number of hydrogen-bond acceptors (Lipinski definition) is 2. The fraction of sp³-hybridized carbons (Fsp3) is 0.364. The Hall–Kier alpha value is -1.51. The molecule has 1 amide bonds. The van der Waals surface area contributed by atoms with E-state index in [0.29, 0.717) is 0 Å². The van der Waals surface area contributed by atoms with E-state index >= 15 is 0 Å². The lowest BCUT2D eigenvalue weighted by Gasteiger charge is -2.06. The molecule has 0 aliphatic heterocycles. The minimum atomic E-state index is -0.337. The Labute approximate surface area is 83.1 Å². The number of nitrogen functional groups attached to an aromatic ring is 1. The van der Waals surface area contributed by atoms with Crippen LogP contribution in [0.2, 0.25) is 0 Å². The molecule has 3 heteroatoms. The summed E-state index contributed by atoms with van der Waals surface area (Å²) in [5, 5.41) is 0. The zero-order chi connectivity index (χ0) is 10.3. The number of carbonyl (C=O) groups excluding carboxylic acids is 1. The van der Waals surface area contributed by atoms with Gasteiger partial charge in [0.05, 0.1) is 5.41 Å². The van der Waals surface area contributed by atoms with Crippen molar-refractivity contribution in [3.63, 3.8) is 0 Å². The maximum absolute atomic E-state index is 11.1. The Morgan fingerprint density at radius 2 is 2.00 bits per heavy atom. The first-order valence-corrected chi connectivity index (χ1v) is 4.69. The smallest absolute Gasteiger partial charge is 0.223 e. The average Bonchev–Trinajstić information content (AvgIpc) is 2.81. The van der Waals surface area contributed by atoms with Gasteiger partial charge in [0.1, 0.15) is 0 Å².